The summed E-state index contributed by atoms with van der Waals surface area (Å²) in [6.45, 7) is 5.15. The van der Waals surface area contributed by atoms with Crippen LogP contribution in [-0.2, 0) is 4.74 Å². The molecule has 0 unspecified atom stereocenters. The summed E-state index contributed by atoms with van der Waals surface area (Å²) in [6.07, 6.45) is 1.52. The highest BCUT2D eigenvalue weighted by Crippen LogP contribution is 2.29. The van der Waals surface area contributed by atoms with Crippen molar-refractivity contribution in [3.05, 3.63) is 67.0 Å². The number of nitrogens with zero attached hydrogens (tertiary/aromatic N) is 4. The van der Waals surface area contributed by atoms with Gasteiger partial charge in [0.1, 0.15) is 12.0 Å². The third-order valence-corrected chi connectivity index (χ3v) is 4.95. The van der Waals surface area contributed by atoms with E-state index in [0.717, 1.165) is 50.8 Å². The summed E-state index contributed by atoms with van der Waals surface area (Å²) in [5.41, 5.74) is 12.2. The van der Waals surface area contributed by atoms with E-state index in [0.29, 0.717) is 17.3 Å². The predicted octanol–water partition coefficient (Wildman–Crippen LogP) is 2.97. The highest BCUT2D eigenvalue weighted by atomic mass is 16.5. The van der Waals surface area contributed by atoms with E-state index >= 15 is 0 Å². The number of morpholine rings is 1. The Morgan fingerprint density at radius 2 is 1.50 bits per heavy atom. The van der Waals surface area contributed by atoms with Gasteiger partial charge in [0.05, 0.1) is 24.6 Å². The van der Waals surface area contributed by atoms with Crippen LogP contribution in [0.2, 0.25) is 0 Å². The molecule has 1 aliphatic rings. The van der Waals surface area contributed by atoms with Gasteiger partial charge in [0, 0.05) is 26.2 Å². The lowest BCUT2D eigenvalue weighted by Crippen LogP contribution is -2.39. The van der Waals surface area contributed by atoms with Crippen LogP contribution in [0.3, 0.4) is 0 Å². The number of aromatic nitrogens is 2. The fourth-order valence-electron chi connectivity index (χ4n) is 3.32. The molecule has 2 heterocycles. The lowest BCUT2D eigenvalue weighted by molar-refractivity contribution is 0.0398. The summed E-state index contributed by atoms with van der Waals surface area (Å²) in [5, 5.41) is 5.29. The minimum Gasteiger partial charge on any atom is -0.393 e. The molecule has 8 heteroatoms. The maximum atomic E-state index is 6.40. The minimum absolute atomic E-state index is 0.483. The van der Waals surface area contributed by atoms with Gasteiger partial charge in [-0.05, 0) is 24.3 Å². The Kier molecular flexibility index (Phi) is 6.58. The summed E-state index contributed by atoms with van der Waals surface area (Å²) in [5.74, 6) is 1.17. The first kappa shape index (κ1) is 19.9. The van der Waals surface area contributed by atoms with E-state index in [-0.39, 0.29) is 0 Å². The van der Waals surface area contributed by atoms with E-state index in [9.17, 15) is 0 Å². The molecule has 0 radical (unpaired) electrons. The molecule has 1 aliphatic heterocycles. The van der Waals surface area contributed by atoms with Crippen molar-refractivity contribution in [1.29, 1.82) is 0 Å². The average molecular weight is 406 g/mol. The second-order valence-electron chi connectivity index (χ2n) is 6.98. The van der Waals surface area contributed by atoms with E-state index in [2.05, 4.69) is 25.6 Å². The van der Waals surface area contributed by atoms with E-state index < -0.39 is 0 Å². The number of ether oxygens (including phenoxy) is 1. The van der Waals surface area contributed by atoms with Crippen LogP contribution in [0.1, 0.15) is 0 Å². The number of benzene rings is 2. The molecular weight excluding hydrogens is 378 g/mol. The van der Waals surface area contributed by atoms with E-state index in [1.54, 1.807) is 0 Å². The Morgan fingerprint density at radius 3 is 2.13 bits per heavy atom. The molecule has 0 saturated carbocycles. The van der Waals surface area contributed by atoms with Gasteiger partial charge in [-0.15, -0.1) is 0 Å². The molecule has 0 amide bonds. The number of nitrogens with two attached hydrogens (primary N) is 1. The smallest absolute Gasteiger partial charge is 0.173 e. The number of nitrogen functional groups attached to an aromatic ring is 1. The third-order valence-electron chi connectivity index (χ3n) is 4.95. The predicted molar refractivity (Wildman–Crippen MR) is 121 cm³/mol. The maximum Gasteiger partial charge on any atom is 0.173 e. The largest absolute Gasteiger partial charge is 0.393 e. The van der Waals surface area contributed by atoms with Gasteiger partial charge >= 0.3 is 0 Å². The van der Waals surface area contributed by atoms with Crippen LogP contribution in [0.4, 0.5) is 28.7 Å². The van der Waals surface area contributed by atoms with Crippen molar-refractivity contribution in [2.45, 2.75) is 0 Å². The van der Waals surface area contributed by atoms with Crippen molar-refractivity contribution in [1.82, 2.24) is 14.9 Å². The average Bonchev–Trinajstić information content (AvgIpc) is 2.81. The van der Waals surface area contributed by atoms with Gasteiger partial charge in [0.25, 0.3) is 0 Å². The van der Waals surface area contributed by atoms with Gasteiger partial charge in [0.15, 0.2) is 11.6 Å². The zero-order valence-corrected chi connectivity index (χ0v) is 16.9. The highest BCUT2D eigenvalue weighted by molar-refractivity contribution is 5.77. The van der Waals surface area contributed by atoms with Crippen LogP contribution in [-0.4, -0.2) is 54.3 Å². The molecule has 0 bridgehead atoms. The van der Waals surface area contributed by atoms with Crippen LogP contribution < -0.4 is 21.5 Å². The molecule has 8 nitrogen and oxygen atoms in total. The molecule has 156 valence electrons. The molecule has 30 heavy (non-hydrogen) atoms. The summed E-state index contributed by atoms with van der Waals surface area (Å²) in [4.78, 5) is 11.1. The Bertz CT molecular complexity index is 878. The van der Waals surface area contributed by atoms with E-state index in [4.69, 9.17) is 10.5 Å². The number of hydrazine groups is 1. The SMILES string of the molecule is Nc1c(NCCN2CCOCC2)ncnc1NN(c1ccccc1)c1ccccc1. The summed E-state index contributed by atoms with van der Waals surface area (Å²) in [7, 11) is 0. The quantitative estimate of drug-likeness (QED) is 0.493. The molecule has 1 saturated heterocycles. The summed E-state index contributed by atoms with van der Waals surface area (Å²) in [6, 6.07) is 20.1. The molecule has 3 aromatic rings. The minimum atomic E-state index is 0.483. The molecule has 4 rings (SSSR count). The molecule has 0 atom stereocenters. The van der Waals surface area contributed by atoms with Crippen LogP contribution in [0.5, 0.6) is 0 Å². The first-order chi connectivity index (χ1) is 14.8. The van der Waals surface area contributed by atoms with E-state index in [1.165, 1.54) is 6.33 Å². The van der Waals surface area contributed by atoms with Gasteiger partial charge in [-0.1, -0.05) is 36.4 Å². The first-order valence-corrected chi connectivity index (χ1v) is 10.1. The Hall–Kier alpha value is -3.36. The van der Waals surface area contributed by atoms with Crippen LogP contribution >= 0.6 is 0 Å². The number of hydrogen-bond donors (Lipinski definition) is 3. The second-order valence-corrected chi connectivity index (χ2v) is 6.98. The van der Waals surface area contributed by atoms with Gasteiger partial charge < -0.3 is 15.8 Å². The van der Waals surface area contributed by atoms with Gasteiger partial charge in [-0.25, -0.2) is 9.97 Å². The fourth-order valence-corrected chi connectivity index (χ4v) is 3.32. The van der Waals surface area contributed by atoms with Crippen molar-refractivity contribution in [2.24, 2.45) is 0 Å². The molecular formula is C22H27N7O. The van der Waals surface area contributed by atoms with Gasteiger partial charge in [-0.3, -0.25) is 15.3 Å². The lowest BCUT2D eigenvalue weighted by Gasteiger charge is -2.27. The van der Waals surface area contributed by atoms with Crippen molar-refractivity contribution >= 4 is 28.7 Å². The molecule has 2 aromatic carbocycles. The van der Waals surface area contributed by atoms with Crippen molar-refractivity contribution in [3.63, 3.8) is 0 Å². The zero-order valence-electron chi connectivity index (χ0n) is 16.9. The van der Waals surface area contributed by atoms with Crippen molar-refractivity contribution in [2.75, 3.05) is 60.9 Å². The van der Waals surface area contributed by atoms with Gasteiger partial charge in [-0.2, -0.15) is 0 Å². The summed E-state index contributed by atoms with van der Waals surface area (Å²) < 4.78 is 5.39. The monoisotopic (exact) mass is 405 g/mol. The normalized spacial score (nSPS) is 14.3. The second kappa shape index (κ2) is 9.91. The standard InChI is InChI=1S/C22H27N7O/c23-20-21(24-11-12-28-13-15-30-16-14-28)25-17-26-22(20)27-29(18-7-3-1-4-8-18)19-9-5-2-6-10-19/h1-10,17H,11-16,23H2,(H2,24,25,26,27). The Morgan fingerprint density at radius 1 is 0.900 bits per heavy atom. The molecule has 1 fully saturated rings. The third kappa shape index (κ3) is 4.97. The molecule has 0 spiro atoms. The molecule has 4 N–H and O–H groups in total. The highest BCUT2D eigenvalue weighted by Gasteiger charge is 2.15. The van der Waals surface area contributed by atoms with Crippen LogP contribution in [0, 0.1) is 0 Å². The number of rotatable bonds is 8. The van der Waals surface area contributed by atoms with Crippen LogP contribution in [0.15, 0.2) is 67.0 Å². The molecule has 1 aromatic heterocycles. The van der Waals surface area contributed by atoms with Crippen LogP contribution in [0.25, 0.3) is 0 Å². The van der Waals surface area contributed by atoms with Crippen molar-refractivity contribution < 1.29 is 4.74 Å². The fraction of sp³-hybridized carbons (Fsp3) is 0.273. The molecule has 0 aliphatic carbocycles. The number of anilines is 5. The number of para-hydroxylation sites is 2. The topological polar surface area (TPSA) is 91.6 Å². The number of nitrogens with one attached hydrogen (secondary N) is 2. The van der Waals surface area contributed by atoms with Crippen molar-refractivity contribution in [3.8, 4) is 0 Å². The maximum absolute atomic E-state index is 6.40. The number of hydrogen-bond acceptors (Lipinski definition) is 8. The summed E-state index contributed by atoms with van der Waals surface area (Å²) >= 11 is 0. The zero-order chi connectivity index (χ0) is 20.6. The first-order valence-electron chi connectivity index (χ1n) is 10.1. The lowest BCUT2D eigenvalue weighted by atomic mass is 10.2. The van der Waals surface area contributed by atoms with Gasteiger partial charge in [0.2, 0.25) is 0 Å². The van der Waals surface area contributed by atoms with E-state index in [1.807, 2.05) is 65.7 Å². The Balaban J connectivity index is 1.49. The Labute approximate surface area is 176 Å².